The van der Waals surface area contributed by atoms with Crippen LogP contribution in [0.25, 0.3) is 5.53 Å². The van der Waals surface area contributed by atoms with E-state index in [0.717, 1.165) is 0 Å². The molecule has 0 aliphatic carbocycles. The Labute approximate surface area is 75.4 Å². The molecule has 0 spiro atoms. The minimum absolute atomic E-state index is 0.378. The molecule has 66 valence electrons. The van der Waals surface area contributed by atoms with Crippen LogP contribution < -0.4 is 0 Å². The highest BCUT2D eigenvalue weighted by molar-refractivity contribution is 5.98. The average Bonchev–Trinajstić information content (AvgIpc) is 2.18. The van der Waals surface area contributed by atoms with Gasteiger partial charge in [-0.15, -0.1) is 0 Å². The number of hydrogen-bond donors (Lipinski definition) is 0. The first-order chi connectivity index (χ1) is 6.29. The standard InChI is InChI=1S/C9H8N2O2/c1-13-9(12)8-5-3-2-4-7(8)6-11-10/h2-6H,1H3. The Hall–Kier alpha value is -1.93. The van der Waals surface area contributed by atoms with Crippen LogP contribution in [0.15, 0.2) is 24.3 Å². The van der Waals surface area contributed by atoms with Crippen LogP contribution >= 0.6 is 0 Å². The average molecular weight is 176 g/mol. The Morgan fingerprint density at radius 2 is 2.23 bits per heavy atom. The van der Waals surface area contributed by atoms with E-state index in [1.54, 1.807) is 24.3 Å². The zero-order chi connectivity index (χ0) is 9.68. The van der Waals surface area contributed by atoms with Gasteiger partial charge in [-0.2, -0.15) is 4.79 Å². The van der Waals surface area contributed by atoms with Gasteiger partial charge in [-0.3, -0.25) is 0 Å². The predicted octanol–water partition coefficient (Wildman–Crippen LogP) is 1.12. The van der Waals surface area contributed by atoms with Gasteiger partial charge in [0.15, 0.2) is 0 Å². The third-order valence-corrected chi connectivity index (χ3v) is 1.56. The van der Waals surface area contributed by atoms with E-state index in [1.807, 2.05) is 0 Å². The van der Waals surface area contributed by atoms with Crippen molar-refractivity contribution >= 4 is 12.2 Å². The lowest BCUT2D eigenvalue weighted by Crippen LogP contribution is -2.05. The van der Waals surface area contributed by atoms with Crippen molar-refractivity contribution in [2.75, 3.05) is 7.11 Å². The quantitative estimate of drug-likeness (QED) is 0.293. The Balaban J connectivity index is 3.18. The van der Waals surface area contributed by atoms with Crippen LogP contribution in [0.1, 0.15) is 15.9 Å². The smallest absolute Gasteiger partial charge is 0.338 e. The van der Waals surface area contributed by atoms with Gasteiger partial charge < -0.3 is 10.3 Å². The number of rotatable bonds is 2. The van der Waals surface area contributed by atoms with E-state index in [9.17, 15) is 4.79 Å². The monoisotopic (exact) mass is 176 g/mol. The van der Waals surface area contributed by atoms with Crippen LogP contribution in [0.3, 0.4) is 0 Å². The first kappa shape index (κ1) is 9.16. The van der Waals surface area contributed by atoms with Crippen LogP contribution in [0.2, 0.25) is 0 Å². The largest absolute Gasteiger partial charge is 0.465 e. The van der Waals surface area contributed by atoms with Gasteiger partial charge in [0.2, 0.25) is 0 Å². The number of carbonyl (C=O) groups excluding carboxylic acids is 1. The number of nitrogens with zero attached hydrogens (tertiary/aromatic N) is 2. The number of methoxy groups -OCH3 is 1. The molecule has 0 bridgehead atoms. The van der Waals surface area contributed by atoms with Crippen molar-refractivity contribution in [2.45, 2.75) is 0 Å². The van der Waals surface area contributed by atoms with E-state index < -0.39 is 5.97 Å². The molecule has 4 heteroatoms. The summed E-state index contributed by atoms with van der Waals surface area (Å²) >= 11 is 0. The molecule has 0 fully saturated rings. The predicted molar refractivity (Wildman–Crippen MR) is 46.6 cm³/mol. The van der Waals surface area contributed by atoms with E-state index in [2.05, 4.69) is 9.53 Å². The fourth-order valence-corrected chi connectivity index (χ4v) is 0.968. The molecular formula is C9H8N2O2. The highest BCUT2D eigenvalue weighted by Crippen LogP contribution is 2.06. The Bertz CT molecular complexity index is 368. The second kappa shape index (κ2) is 4.18. The summed E-state index contributed by atoms with van der Waals surface area (Å²) in [5, 5.41) is 0. The summed E-state index contributed by atoms with van der Waals surface area (Å²) in [5.41, 5.74) is 9.22. The second-order valence-corrected chi connectivity index (χ2v) is 2.32. The SMILES string of the molecule is COC(=O)c1ccccc1C=[N+]=[N-]. The third kappa shape index (κ3) is 2.01. The normalized spacial score (nSPS) is 8.69. The number of esters is 1. The molecular weight excluding hydrogens is 168 g/mol. The van der Waals surface area contributed by atoms with Crippen molar-refractivity contribution in [3.63, 3.8) is 0 Å². The Kier molecular flexibility index (Phi) is 2.95. The van der Waals surface area contributed by atoms with Crippen LogP contribution in [0.4, 0.5) is 0 Å². The molecule has 0 saturated carbocycles. The van der Waals surface area contributed by atoms with Gasteiger partial charge in [-0.1, -0.05) is 12.1 Å². The third-order valence-electron chi connectivity index (χ3n) is 1.56. The highest BCUT2D eigenvalue weighted by atomic mass is 16.5. The maximum atomic E-state index is 11.1. The topological polar surface area (TPSA) is 62.7 Å². The van der Waals surface area contributed by atoms with Crippen molar-refractivity contribution in [3.8, 4) is 0 Å². The van der Waals surface area contributed by atoms with Crippen LogP contribution in [-0.2, 0) is 4.74 Å². The van der Waals surface area contributed by atoms with Gasteiger partial charge in [-0.25, -0.2) is 4.79 Å². The first-order valence-electron chi connectivity index (χ1n) is 3.64. The Morgan fingerprint density at radius 1 is 1.54 bits per heavy atom. The molecule has 0 aliphatic rings. The summed E-state index contributed by atoms with van der Waals surface area (Å²) in [6.45, 7) is 0. The highest BCUT2D eigenvalue weighted by Gasteiger charge is 2.10. The maximum absolute atomic E-state index is 11.1. The molecule has 0 atom stereocenters. The molecule has 0 radical (unpaired) electrons. The van der Waals surface area contributed by atoms with E-state index in [1.165, 1.54) is 13.3 Å². The molecule has 1 aromatic carbocycles. The van der Waals surface area contributed by atoms with Gasteiger partial charge in [0, 0.05) is 0 Å². The summed E-state index contributed by atoms with van der Waals surface area (Å²) < 4.78 is 4.54. The molecule has 0 heterocycles. The second-order valence-electron chi connectivity index (χ2n) is 2.32. The molecule has 0 saturated heterocycles. The zero-order valence-electron chi connectivity index (χ0n) is 7.10. The van der Waals surface area contributed by atoms with E-state index in [-0.39, 0.29) is 0 Å². The molecule has 13 heavy (non-hydrogen) atoms. The molecule has 0 unspecified atom stereocenters. The summed E-state index contributed by atoms with van der Waals surface area (Å²) in [5.74, 6) is -0.449. The van der Waals surface area contributed by atoms with Crippen molar-refractivity contribution < 1.29 is 14.3 Å². The van der Waals surface area contributed by atoms with E-state index >= 15 is 0 Å². The van der Waals surface area contributed by atoms with Crippen molar-refractivity contribution in [2.24, 2.45) is 0 Å². The molecule has 0 aromatic heterocycles. The number of carbonyl (C=O) groups is 1. The van der Waals surface area contributed by atoms with Crippen LogP contribution in [0, 0.1) is 0 Å². The Morgan fingerprint density at radius 3 is 2.85 bits per heavy atom. The van der Waals surface area contributed by atoms with E-state index in [0.29, 0.717) is 11.1 Å². The van der Waals surface area contributed by atoms with Gasteiger partial charge in [-0.05, 0) is 12.1 Å². The first-order valence-corrected chi connectivity index (χ1v) is 3.64. The molecule has 0 aliphatic heterocycles. The summed E-state index contributed by atoms with van der Waals surface area (Å²) in [4.78, 5) is 14.0. The minimum atomic E-state index is -0.449. The van der Waals surface area contributed by atoms with E-state index in [4.69, 9.17) is 5.53 Å². The number of ether oxygens (including phenoxy) is 1. The lowest BCUT2D eigenvalue weighted by atomic mass is 10.1. The lowest BCUT2D eigenvalue weighted by Gasteiger charge is -1.99. The van der Waals surface area contributed by atoms with Gasteiger partial charge in [0.05, 0.1) is 18.2 Å². The van der Waals surface area contributed by atoms with Crippen LogP contribution in [0.5, 0.6) is 0 Å². The molecule has 4 nitrogen and oxygen atoms in total. The fourth-order valence-electron chi connectivity index (χ4n) is 0.968. The fraction of sp³-hybridized carbons (Fsp3) is 0.111. The number of hydrogen-bond acceptors (Lipinski definition) is 2. The van der Waals surface area contributed by atoms with Gasteiger partial charge in [0.25, 0.3) is 6.21 Å². The molecule has 1 rings (SSSR count). The van der Waals surface area contributed by atoms with Crippen LogP contribution in [-0.4, -0.2) is 24.1 Å². The minimum Gasteiger partial charge on any atom is -0.465 e. The summed E-state index contributed by atoms with van der Waals surface area (Å²) in [7, 11) is 1.30. The molecule has 1 aromatic rings. The summed E-state index contributed by atoms with van der Waals surface area (Å²) in [6, 6.07) is 6.71. The van der Waals surface area contributed by atoms with Gasteiger partial charge in [0.1, 0.15) is 0 Å². The zero-order valence-corrected chi connectivity index (χ0v) is 7.10. The summed E-state index contributed by atoms with van der Waals surface area (Å²) in [6.07, 6.45) is 1.19. The molecule has 0 N–H and O–H groups in total. The number of benzene rings is 1. The lowest BCUT2D eigenvalue weighted by molar-refractivity contribution is 0.00439. The van der Waals surface area contributed by atoms with Crippen molar-refractivity contribution in [1.82, 2.24) is 0 Å². The van der Waals surface area contributed by atoms with Crippen molar-refractivity contribution in [3.05, 3.63) is 40.9 Å². The van der Waals surface area contributed by atoms with Gasteiger partial charge >= 0.3 is 5.97 Å². The maximum Gasteiger partial charge on any atom is 0.338 e. The molecule has 0 amide bonds. The van der Waals surface area contributed by atoms with Crippen molar-refractivity contribution in [1.29, 1.82) is 0 Å².